The van der Waals surface area contributed by atoms with Crippen LogP contribution in [0.2, 0.25) is 10.0 Å². The fourth-order valence-electron chi connectivity index (χ4n) is 1.78. The Labute approximate surface area is 148 Å². The first-order valence-electron chi connectivity index (χ1n) is 6.84. The van der Waals surface area contributed by atoms with Crippen LogP contribution in [0.15, 0.2) is 24.4 Å². The second-order valence-corrected chi connectivity index (χ2v) is 6.52. The molecule has 1 aromatic carbocycles. The molecule has 0 atom stereocenters. The molecule has 2 aromatic rings. The van der Waals surface area contributed by atoms with Gasteiger partial charge in [0.1, 0.15) is 6.61 Å². The van der Waals surface area contributed by atoms with Crippen molar-refractivity contribution in [3.05, 3.63) is 44.9 Å². The maximum atomic E-state index is 11.7. The van der Waals surface area contributed by atoms with E-state index in [0.717, 1.165) is 10.4 Å². The first-order chi connectivity index (χ1) is 11.1. The first kappa shape index (κ1) is 18.2. The van der Waals surface area contributed by atoms with Crippen LogP contribution >= 0.6 is 34.5 Å². The predicted octanol–water partition coefficient (Wildman–Crippen LogP) is 3.64. The van der Waals surface area contributed by atoms with Crippen LogP contribution in [0, 0.1) is 0 Å². The Bertz CT molecular complexity index is 664. The summed E-state index contributed by atoms with van der Waals surface area (Å²) in [5, 5.41) is 4.29. The summed E-state index contributed by atoms with van der Waals surface area (Å²) in [5.41, 5.74) is 0.920. The van der Waals surface area contributed by atoms with E-state index in [0.29, 0.717) is 34.8 Å². The minimum absolute atomic E-state index is 0.0294. The summed E-state index contributed by atoms with van der Waals surface area (Å²) in [6.45, 7) is 0.799. The predicted molar refractivity (Wildman–Crippen MR) is 92.7 cm³/mol. The Morgan fingerprint density at radius 3 is 2.96 bits per heavy atom. The molecule has 1 N–H and O–H groups in total. The number of aromatic nitrogens is 1. The number of benzene rings is 1. The van der Waals surface area contributed by atoms with Crippen molar-refractivity contribution < 1.29 is 14.3 Å². The quantitative estimate of drug-likeness (QED) is 0.716. The van der Waals surface area contributed by atoms with E-state index < -0.39 is 0 Å². The Kier molecular flexibility index (Phi) is 7.26. The van der Waals surface area contributed by atoms with Gasteiger partial charge in [-0.1, -0.05) is 35.3 Å². The second kappa shape index (κ2) is 9.20. The summed E-state index contributed by atoms with van der Waals surface area (Å²) in [6.07, 6.45) is 2.32. The summed E-state index contributed by atoms with van der Waals surface area (Å²) in [6, 6.07) is 5.51. The van der Waals surface area contributed by atoms with Crippen LogP contribution in [0.1, 0.15) is 10.4 Å². The summed E-state index contributed by atoms with van der Waals surface area (Å²) < 4.78 is 9.98. The molecule has 0 spiro atoms. The van der Waals surface area contributed by atoms with E-state index in [2.05, 4.69) is 10.3 Å². The second-order valence-electron chi connectivity index (χ2n) is 4.62. The van der Waals surface area contributed by atoms with Crippen LogP contribution in [0.5, 0.6) is 0 Å². The molecule has 5 nitrogen and oxygen atoms in total. The van der Waals surface area contributed by atoms with Crippen molar-refractivity contribution >= 4 is 45.6 Å². The van der Waals surface area contributed by atoms with Crippen LogP contribution in [-0.4, -0.2) is 37.8 Å². The van der Waals surface area contributed by atoms with E-state index in [1.165, 1.54) is 11.3 Å². The van der Waals surface area contributed by atoms with Crippen LogP contribution < -0.4 is 5.32 Å². The zero-order valence-corrected chi connectivity index (χ0v) is 14.8. The number of carbonyl (C=O) groups excluding carboxylic acids is 1. The molecule has 0 saturated heterocycles. The molecule has 8 heteroatoms. The number of nitrogens with zero attached hydrogens (tertiary/aromatic N) is 1. The van der Waals surface area contributed by atoms with Gasteiger partial charge < -0.3 is 9.47 Å². The van der Waals surface area contributed by atoms with Crippen molar-refractivity contribution in [1.29, 1.82) is 0 Å². The van der Waals surface area contributed by atoms with E-state index in [9.17, 15) is 4.79 Å². The minimum Gasteiger partial charge on any atom is -0.382 e. The number of carbonyl (C=O) groups is 1. The molecule has 1 amide bonds. The number of hydrogen-bond donors (Lipinski definition) is 1. The van der Waals surface area contributed by atoms with Crippen LogP contribution in [0.25, 0.3) is 0 Å². The Balaban J connectivity index is 1.88. The van der Waals surface area contributed by atoms with Gasteiger partial charge in [-0.3, -0.25) is 10.1 Å². The number of hydrogen-bond acceptors (Lipinski definition) is 5. The zero-order chi connectivity index (χ0) is 16.7. The van der Waals surface area contributed by atoms with Gasteiger partial charge in [0.05, 0.1) is 23.3 Å². The van der Waals surface area contributed by atoms with Gasteiger partial charge in [0, 0.05) is 24.6 Å². The third-order valence-corrected chi connectivity index (χ3v) is 4.63. The van der Waals surface area contributed by atoms with Crippen molar-refractivity contribution in [2.75, 3.05) is 32.2 Å². The van der Waals surface area contributed by atoms with Gasteiger partial charge in [0.15, 0.2) is 5.13 Å². The Hall–Kier alpha value is -1.18. The molecule has 1 heterocycles. The molecule has 0 radical (unpaired) electrons. The summed E-state index contributed by atoms with van der Waals surface area (Å²) >= 11 is 13.6. The third kappa shape index (κ3) is 5.75. The summed E-state index contributed by atoms with van der Waals surface area (Å²) in [7, 11) is 1.58. The van der Waals surface area contributed by atoms with Crippen LogP contribution in [0.4, 0.5) is 5.13 Å². The van der Waals surface area contributed by atoms with Crippen molar-refractivity contribution in [3.8, 4) is 0 Å². The average Bonchev–Trinajstić information content (AvgIpc) is 2.95. The molecule has 0 saturated carbocycles. The van der Waals surface area contributed by atoms with E-state index >= 15 is 0 Å². The van der Waals surface area contributed by atoms with Crippen molar-refractivity contribution in [2.45, 2.75) is 6.42 Å². The van der Waals surface area contributed by atoms with Gasteiger partial charge >= 0.3 is 0 Å². The van der Waals surface area contributed by atoms with E-state index in [4.69, 9.17) is 32.7 Å². The molecule has 0 aliphatic rings. The van der Waals surface area contributed by atoms with Gasteiger partial charge in [-0.05, 0) is 11.6 Å². The van der Waals surface area contributed by atoms with Gasteiger partial charge in [-0.2, -0.15) is 0 Å². The lowest BCUT2D eigenvalue weighted by molar-refractivity contribution is -0.121. The van der Waals surface area contributed by atoms with Gasteiger partial charge in [-0.25, -0.2) is 4.98 Å². The standard InChI is InChI=1S/C15H16Cl2N2O3S/c1-21-5-6-22-9-13(20)19-15-18-8-11(23-15)7-10-3-2-4-12(16)14(10)17/h2-4,8H,5-7,9H2,1H3,(H,18,19,20). The largest absolute Gasteiger partial charge is 0.382 e. The van der Waals surface area contributed by atoms with E-state index in [1.807, 2.05) is 12.1 Å². The fourth-order valence-corrected chi connectivity index (χ4v) is 3.02. The molecule has 1 aromatic heterocycles. The average molecular weight is 375 g/mol. The fraction of sp³-hybridized carbons (Fsp3) is 0.333. The molecule has 0 unspecified atom stereocenters. The molecular weight excluding hydrogens is 359 g/mol. The number of methoxy groups -OCH3 is 1. The monoisotopic (exact) mass is 374 g/mol. The lowest BCUT2D eigenvalue weighted by Crippen LogP contribution is -2.19. The number of nitrogens with one attached hydrogen (secondary N) is 1. The van der Waals surface area contributed by atoms with Gasteiger partial charge in [0.25, 0.3) is 5.91 Å². The van der Waals surface area contributed by atoms with Crippen molar-refractivity contribution in [3.63, 3.8) is 0 Å². The van der Waals surface area contributed by atoms with Crippen molar-refractivity contribution in [1.82, 2.24) is 4.98 Å². The van der Waals surface area contributed by atoms with Gasteiger partial charge in [0.2, 0.25) is 0 Å². The Morgan fingerprint density at radius 1 is 1.35 bits per heavy atom. The molecule has 0 fully saturated rings. The molecule has 0 aliphatic heterocycles. The third-order valence-electron chi connectivity index (χ3n) is 2.86. The molecular formula is C15H16Cl2N2O3S. The summed E-state index contributed by atoms with van der Waals surface area (Å²) in [5.74, 6) is -0.247. The highest BCUT2D eigenvalue weighted by atomic mass is 35.5. The highest BCUT2D eigenvalue weighted by Gasteiger charge is 2.10. The van der Waals surface area contributed by atoms with Crippen LogP contribution in [0.3, 0.4) is 0 Å². The maximum Gasteiger partial charge on any atom is 0.252 e. The summed E-state index contributed by atoms with van der Waals surface area (Å²) in [4.78, 5) is 16.8. The number of thiazole rings is 1. The number of ether oxygens (including phenoxy) is 2. The highest BCUT2D eigenvalue weighted by Crippen LogP contribution is 2.29. The number of halogens is 2. The molecule has 124 valence electrons. The molecule has 0 aliphatic carbocycles. The Morgan fingerprint density at radius 2 is 2.17 bits per heavy atom. The lowest BCUT2D eigenvalue weighted by atomic mass is 10.1. The lowest BCUT2D eigenvalue weighted by Gasteiger charge is -2.04. The first-order valence-corrected chi connectivity index (χ1v) is 8.41. The SMILES string of the molecule is COCCOCC(=O)Nc1ncc(Cc2cccc(Cl)c2Cl)s1. The maximum absolute atomic E-state index is 11.7. The van der Waals surface area contributed by atoms with E-state index in [1.54, 1.807) is 19.4 Å². The topological polar surface area (TPSA) is 60.5 Å². The molecule has 2 rings (SSSR count). The number of amides is 1. The van der Waals surface area contributed by atoms with Gasteiger partial charge in [-0.15, -0.1) is 11.3 Å². The highest BCUT2D eigenvalue weighted by molar-refractivity contribution is 7.15. The minimum atomic E-state index is -0.247. The normalized spacial score (nSPS) is 10.7. The van der Waals surface area contributed by atoms with Crippen molar-refractivity contribution in [2.24, 2.45) is 0 Å². The molecule has 23 heavy (non-hydrogen) atoms. The number of rotatable bonds is 8. The molecule has 0 bridgehead atoms. The van der Waals surface area contributed by atoms with E-state index in [-0.39, 0.29) is 12.5 Å². The number of anilines is 1. The zero-order valence-electron chi connectivity index (χ0n) is 12.5. The smallest absolute Gasteiger partial charge is 0.252 e. The van der Waals surface area contributed by atoms with Crippen LogP contribution in [-0.2, 0) is 20.7 Å².